The molecule has 0 saturated carbocycles. The highest BCUT2D eigenvalue weighted by Gasteiger charge is 2.31. The number of hydrogen-bond donors (Lipinski definition) is 0. The van der Waals surface area contributed by atoms with E-state index in [9.17, 15) is 23.3 Å². The van der Waals surface area contributed by atoms with Gasteiger partial charge in [-0.05, 0) is 36.4 Å². The maximum absolute atomic E-state index is 13.0. The molecule has 33 heavy (non-hydrogen) atoms. The first-order valence-electron chi connectivity index (χ1n) is 10.1. The molecule has 0 atom stereocenters. The van der Waals surface area contributed by atoms with Gasteiger partial charge in [-0.25, -0.2) is 13.4 Å². The molecule has 0 unspecified atom stereocenters. The fraction of sp³-hybridized carbons (Fsp3) is 0.182. The van der Waals surface area contributed by atoms with Crippen LogP contribution in [0.4, 0.5) is 11.5 Å². The van der Waals surface area contributed by atoms with Gasteiger partial charge in [0.2, 0.25) is 9.84 Å². The molecule has 0 bridgehead atoms. The van der Waals surface area contributed by atoms with Crippen molar-refractivity contribution >= 4 is 38.9 Å². The third-order valence-electron chi connectivity index (χ3n) is 5.40. The molecule has 0 radical (unpaired) electrons. The first-order valence-corrected chi connectivity index (χ1v) is 11.9. The molecule has 3 aromatic rings. The Kier molecular flexibility index (Phi) is 6.30. The van der Waals surface area contributed by atoms with E-state index in [1.165, 1.54) is 30.3 Å². The van der Waals surface area contributed by atoms with Crippen LogP contribution in [0.5, 0.6) is 0 Å². The molecular formula is C22H20ClN4O5S+. The second-order valence-corrected chi connectivity index (χ2v) is 9.78. The summed E-state index contributed by atoms with van der Waals surface area (Å²) in [6, 6.07) is 14.7. The third-order valence-corrected chi connectivity index (χ3v) is 7.43. The predicted octanol–water partition coefficient (Wildman–Crippen LogP) is 2.86. The predicted molar refractivity (Wildman–Crippen MR) is 121 cm³/mol. The van der Waals surface area contributed by atoms with Crippen molar-refractivity contribution in [3.8, 4) is 0 Å². The standard InChI is InChI=1S/C22H19ClN4O5S/c23-17-4-3-5-18(15-17)33(31,32)20-8-7-16(14-19(20)27(29)30)22(28)26-12-10-25(11-13-26)21-6-1-2-9-24-21/h1-9,14-15H,10-13H2/p+1. The summed E-state index contributed by atoms with van der Waals surface area (Å²) in [4.78, 5) is 30.1. The molecule has 1 amide bonds. The largest absolute Gasteiger partial charge is 0.331 e. The summed E-state index contributed by atoms with van der Waals surface area (Å²) in [6.45, 7) is 2.04. The van der Waals surface area contributed by atoms with Gasteiger partial charge in [0.15, 0.2) is 0 Å². The molecule has 1 fully saturated rings. The number of H-pyrrole nitrogens is 1. The molecule has 2 aromatic carbocycles. The Hall–Kier alpha value is -3.50. The molecule has 2 heterocycles. The van der Waals surface area contributed by atoms with E-state index < -0.39 is 25.3 Å². The fourth-order valence-electron chi connectivity index (χ4n) is 3.70. The number of carbonyl (C=O) groups is 1. The number of hydrogen-bond acceptors (Lipinski definition) is 6. The Morgan fingerprint density at radius 3 is 2.39 bits per heavy atom. The number of pyridine rings is 1. The van der Waals surface area contributed by atoms with Gasteiger partial charge in [-0.1, -0.05) is 23.7 Å². The van der Waals surface area contributed by atoms with Crippen molar-refractivity contribution < 1.29 is 23.1 Å². The molecule has 0 aliphatic carbocycles. The number of nitro groups is 1. The number of amides is 1. The van der Waals surface area contributed by atoms with Crippen molar-refractivity contribution in [1.82, 2.24) is 4.90 Å². The van der Waals surface area contributed by atoms with Crippen LogP contribution >= 0.6 is 11.6 Å². The van der Waals surface area contributed by atoms with E-state index in [1.54, 1.807) is 4.90 Å². The number of carbonyl (C=O) groups excluding carboxylic acids is 1. The lowest BCUT2D eigenvalue weighted by Crippen LogP contribution is -2.50. The number of nitro benzene ring substituents is 1. The van der Waals surface area contributed by atoms with Gasteiger partial charge in [0.1, 0.15) is 18.0 Å². The van der Waals surface area contributed by atoms with Gasteiger partial charge in [-0.3, -0.25) is 19.8 Å². The number of rotatable bonds is 5. The number of aromatic amines is 1. The SMILES string of the molecule is O=C(c1ccc(S(=O)(=O)c2cccc(Cl)c2)c([N+](=O)[O-])c1)N1CCN(c2cccc[nH+]2)CC1. The summed E-state index contributed by atoms with van der Waals surface area (Å²) in [7, 11) is -4.20. The molecule has 1 aliphatic heterocycles. The summed E-state index contributed by atoms with van der Waals surface area (Å²) in [5, 5.41) is 11.9. The van der Waals surface area contributed by atoms with E-state index in [1.807, 2.05) is 24.4 Å². The van der Waals surface area contributed by atoms with E-state index in [0.29, 0.717) is 26.2 Å². The van der Waals surface area contributed by atoms with Crippen molar-refractivity contribution in [2.45, 2.75) is 9.79 Å². The van der Waals surface area contributed by atoms with Gasteiger partial charge in [0.25, 0.3) is 17.4 Å². The molecule has 1 aromatic heterocycles. The van der Waals surface area contributed by atoms with Gasteiger partial charge in [-0.15, -0.1) is 0 Å². The number of piperazine rings is 1. The zero-order valence-electron chi connectivity index (χ0n) is 17.3. The minimum absolute atomic E-state index is 0.0615. The summed E-state index contributed by atoms with van der Waals surface area (Å²) < 4.78 is 26.0. The quantitative estimate of drug-likeness (QED) is 0.403. The first kappa shape index (κ1) is 22.7. The lowest BCUT2D eigenvalue weighted by molar-refractivity contribution is -0.387. The smallest absolute Gasteiger partial charge is 0.289 e. The van der Waals surface area contributed by atoms with Crippen LogP contribution in [0.15, 0.2) is 76.7 Å². The Bertz CT molecular complexity index is 1310. The van der Waals surface area contributed by atoms with Crippen LogP contribution in [0.25, 0.3) is 0 Å². The molecular weight excluding hydrogens is 468 g/mol. The number of nitrogens with zero attached hydrogens (tertiary/aromatic N) is 3. The van der Waals surface area contributed by atoms with Gasteiger partial charge in [0, 0.05) is 22.7 Å². The molecule has 0 spiro atoms. The average Bonchev–Trinajstić information content (AvgIpc) is 2.84. The number of anilines is 1. The second kappa shape index (κ2) is 9.16. The lowest BCUT2D eigenvalue weighted by atomic mass is 10.1. The Labute approximate surface area is 195 Å². The second-order valence-electron chi connectivity index (χ2n) is 7.43. The third kappa shape index (κ3) is 4.67. The van der Waals surface area contributed by atoms with Crippen LogP contribution in [-0.4, -0.2) is 50.3 Å². The maximum Gasteiger partial charge on any atom is 0.289 e. The first-order chi connectivity index (χ1) is 15.8. The summed E-state index contributed by atoms with van der Waals surface area (Å²) >= 11 is 5.89. The minimum Gasteiger partial charge on any atom is -0.331 e. The van der Waals surface area contributed by atoms with Gasteiger partial charge in [-0.2, -0.15) is 0 Å². The molecule has 4 rings (SSSR count). The highest BCUT2D eigenvalue weighted by atomic mass is 35.5. The van der Waals surface area contributed by atoms with Crippen LogP contribution in [0.1, 0.15) is 10.4 Å². The van der Waals surface area contributed by atoms with E-state index in [0.717, 1.165) is 18.0 Å². The number of nitrogens with one attached hydrogen (secondary N) is 1. The average molecular weight is 488 g/mol. The van der Waals surface area contributed by atoms with Gasteiger partial charge in [0.05, 0.1) is 29.1 Å². The fourth-order valence-corrected chi connectivity index (χ4v) is 5.40. The van der Waals surface area contributed by atoms with E-state index in [4.69, 9.17) is 11.6 Å². The Morgan fingerprint density at radius 2 is 1.76 bits per heavy atom. The van der Waals surface area contributed by atoms with Crippen LogP contribution in [0.2, 0.25) is 5.02 Å². The lowest BCUT2D eigenvalue weighted by Gasteiger charge is -2.31. The van der Waals surface area contributed by atoms with Crippen molar-refractivity contribution in [2.75, 3.05) is 31.1 Å². The number of aromatic nitrogens is 1. The van der Waals surface area contributed by atoms with E-state index in [2.05, 4.69) is 9.88 Å². The highest BCUT2D eigenvalue weighted by molar-refractivity contribution is 7.91. The van der Waals surface area contributed by atoms with Crippen LogP contribution in [0, 0.1) is 10.1 Å². The molecule has 1 saturated heterocycles. The zero-order chi connectivity index (χ0) is 23.6. The number of sulfone groups is 1. The monoisotopic (exact) mass is 487 g/mol. The van der Waals surface area contributed by atoms with Crippen molar-refractivity contribution in [2.24, 2.45) is 0 Å². The number of halogens is 1. The maximum atomic E-state index is 13.0. The highest BCUT2D eigenvalue weighted by Crippen LogP contribution is 2.31. The van der Waals surface area contributed by atoms with Crippen molar-refractivity contribution in [1.29, 1.82) is 0 Å². The van der Waals surface area contributed by atoms with Gasteiger partial charge >= 0.3 is 0 Å². The normalized spacial score (nSPS) is 14.2. The molecule has 11 heteroatoms. The van der Waals surface area contributed by atoms with E-state index >= 15 is 0 Å². The van der Waals surface area contributed by atoms with E-state index in [-0.39, 0.29) is 21.4 Å². The van der Waals surface area contributed by atoms with Crippen molar-refractivity contribution in [3.63, 3.8) is 0 Å². The summed E-state index contributed by atoms with van der Waals surface area (Å²) in [6.07, 6.45) is 1.82. The molecule has 1 N–H and O–H groups in total. The van der Waals surface area contributed by atoms with Crippen LogP contribution < -0.4 is 9.88 Å². The summed E-state index contributed by atoms with van der Waals surface area (Å²) in [5.41, 5.74) is -0.593. The van der Waals surface area contributed by atoms with Crippen molar-refractivity contribution in [3.05, 3.63) is 87.6 Å². The van der Waals surface area contributed by atoms with Crippen LogP contribution in [-0.2, 0) is 9.84 Å². The zero-order valence-corrected chi connectivity index (χ0v) is 18.9. The molecule has 170 valence electrons. The molecule has 9 nitrogen and oxygen atoms in total. The summed E-state index contributed by atoms with van der Waals surface area (Å²) in [5.74, 6) is 0.553. The number of benzene rings is 2. The van der Waals surface area contributed by atoms with Crippen LogP contribution in [0.3, 0.4) is 0 Å². The Morgan fingerprint density at radius 1 is 1.00 bits per heavy atom. The van der Waals surface area contributed by atoms with Gasteiger partial charge < -0.3 is 4.90 Å². The minimum atomic E-state index is -4.20. The topological polar surface area (TPSA) is 115 Å². The Balaban J connectivity index is 1.58. The molecule has 1 aliphatic rings.